The van der Waals surface area contributed by atoms with Crippen LogP contribution in [0.15, 0.2) is 101 Å². The number of benzene rings is 4. The van der Waals surface area contributed by atoms with Gasteiger partial charge in [0.1, 0.15) is 17.3 Å². The van der Waals surface area contributed by atoms with Gasteiger partial charge >= 0.3 is 12.0 Å². The Hall–Kier alpha value is -5.65. The van der Waals surface area contributed by atoms with E-state index < -0.39 is 24.2 Å². The monoisotopic (exact) mass is 584 g/mol. The van der Waals surface area contributed by atoms with Crippen LogP contribution in [0.25, 0.3) is 10.8 Å². The second-order valence-electron chi connectivity index (χ2n) is 9.44. The molecule has 220 valence electrons. The van der Waals surface area contributed by atoms with Crippen LogP contribution in [0.3, 0.4) is 0 Å². The van der Waals surface area contributed by atoms with E-state index in [0.717, 1.165) is 10.8 Å². The summed E-state index contributed by atoms with van der Waals surface area (Å²) >= 11 is 0. The number of aliphatic carboxylic acids is 1. The molecule has 4 aromatic rings. The lowest BCUT2D eigenvalue weighted by Crippen LogP contribution is -2.59. The van der Waals surface area contributed by atoms with Crippen LogP contribution in [-0.2, 0) is 11.3 Å². The molecule has 0 fully saturated rings. The maximum Gasteiger partial charge on any atom is 0.326 e. The van der Waals surface area contributed by atoms with E-state index in [9.17, 15) is 19.1 Å². The molecule has 1 heterocycles. The molecule has 0 saturated heterocycles. The van der Waals surface area contributed by atoms with Gasteiger partial charge in [0, 0.05) is 0 Å². The molecule has 43 heavy (non-hydrogen) atoms. The molecule has 2 amide bonds. The first-order valence-electron chi connectivity index (χ1n) is 13.4. The highest BCUT2D eigenvalue weighted by molar-refractivity contribution is 6.09. The fourth-order valence-corrected chi connectivity index (χ4v) is 4.39. The molecule has 4 N–H and O–H groups in total. The number of fused-ring (bicyclic) bond motifs is 1. The largest absolute Gasteiger partial charge is 0.495 e. The molecule has 1 unspecified atom stereocenters. The fourth-order valence-electron chi connectivity index (χ4n) is 4.39. The maximum atomic E-state index is 14.1. The SMILES string of the molecule is COc1ccccc1NC(=O)NC1=NC(Oc2ccc3ccccc3c2)N(Cc2cccc(F)c2)C(=NCCC(=O)O)N1. The average Bonchev–Trinajstić information content (AvgIpc) is 2.99. The molecule has 1 aliphatic heterocycles. The van der Waals surface area contributed by atoms with E-state index in [1.54, 1.807) is 47.4 Å². The molecular formula is C31H29FN6O5. The van der Waals surface area contributed by atoms with Crippen molar-refractivity contribution in [3.05, 3.63) is 102 Å². The first-order valence-corrected chi connectivity index (χ1v) is 13.4. The summed E-state index contributed by atoms with van der Waals surface area (Å²) in [5.41, 5.74) is 1.03. The third-order valence-electron chi connectivity index (χ3n) is 6.39. The molecule has 1 atom stereocenters. The standard InChI is InChI=1S/C31H29FN6O5/c1-42-26-12-5-4-11-25(26)34-30(41)36-28-35-29(33-16-15-27(39)40)38(19-20-7-6-10-23(32)17-20)31(37-28)43-24-14-13-21-8-2-3-9-22(21)18-24/h2-14,17-18,31H,15-16,19H2,1H3,(H,39,40)(H3,33,34,35,36,37,41). The van der Waals surface area contributed by atoms with Crippen molar-refractivity contribution in [3.8, 4) is 11.5 Å². The number of guanidine groups is 2. The van der Waals surface area contributed by atoms with Crippen LogP contribution in [0.1, 0.15) is 12.0 Å². The zero-order chi connectivity index (χ0) is 30.2. The number of nitrogens with zero attached hydrogens (tertiary/aromatic N) is 3. The van der Waals surface area contributed by atoms with E-state index in [1.807, 2.05) is 36.4 Å². The van der Waals surface area contributed by atoms with Gasteiger partial charge in [0.15, 0.2) is 0 Å². The van der Waals surface area contributed by atoms with Crippen molar-refractivity contribution in [1.82, 2.24) is 15.5 Å². The van der Waals surface area contributed by atoms with E-state index in [0.29, 0.717) is 22.7 Å². The summed E-state index contributed by atoms with van der Waals surface area (Å²) in [6.45, 7) is 0.0415. The summed E-state index contributed by atoms with van der Waals surface area (Å²) < 4.78 is 25.7. The minimum absolute atomic E-state index is 0.00255. The Kier molecular flexibility index (Phi) is 8.96. The van der Waals surface area contributed by atoms with Crippen molar-refractivity contribution in [3.63, 3.8) is 0 Å². The van der Waals surface area contributed by atoms with Gasteiger partial charge in [0.05, 0.1) is 32.3 Å². The van der Waals surface area contributed by atoms with Crippen molar-refractivity contribution in [1.29, 1.82) is 0 Å². The molecule has 11 nitrogen and oxygen atoms in total. The van der Waals surface area contributed by atoms with Gasteiger partial charge in [-0.1, -0.05) is 54.6 Å². The second-order valence-corrected chi connectivity index (χ2v) is 9.44. The number of urea groups is 1. The Balaban J connectivity index is 1.48. The number of amides is 2. The highest BCUT2D eigenvalue weighted by Gasteiger charge is 2.31. The number of carboxylic acid groups (broad SMARTS) is 1. The van der Waals surface area contributed by atoms with Gasteiger partial charge in [0.2, 0.25) is 11.9 Å². The summed E-state index contributed by atoms with van der Waals surface area (Å²) in [6.07, 6.45) is -1.31. The van der Waals surface area contributed by atoms with E-state index >= 15 is 0 Å². The van der Waals surface area contributed by atoms with Gasteiger partial charge in [-0.15, -0.1) is 0 Å². The van der Waals surface area contributed by atoms with Crippen LogP contribution in [0.4, 0.5) is 14.9 Å². The number of rotatable bonds is 9. The topological polar surface area (TPSA) is 137 Å². The highest BCUT2D eigenvalue weighted by Crippen LogP contribution is 2.25. The third kappa shape index (κ3) is 7.55. The van der Waals surface area contributed by atoms with Crippen LogP contribution >= 0.6 is 0 Å². The smallest absolute Gasteiger partial charge is 0.326 e. The van der Waals surface area contributed by atoms with Crippen molar-refractivity contribution in [2.24, 2.45) is 9.98 Å². The van der Waals surface area contributed by atoms with E-state index in [-0.39, 0.29) is 31.4 Å². The van der Waals surface area contributed by atoms with Gasteiger partial charge in [-0.3, -0.25) is 25.3 Å². The first-order chi connectivity index (χ1) is 20.9. The molecular weight excluding hydrogens is 555 g/mol. The molecule has 0 aromatic heterocycles. The number of nitrogens with one attached hydrogen (secondary N) is 3. The summed E-state index contributed by atoms with van der Waals surface area (Å²) in [5.74, 6) is -0.310. The molecule has 0 bridgehead atoms. The lowest BCUT2D eigenvalue weighted by atomic mass is 10.1. The Morgan fingerprint density at radius 3 is 2.58 bits per heavy atom. The minimum Gasteiger partial charge on any atom is -0.495 e. The van der Waals surface area contributed by atoms with E-state index in [4.69, 9.17) is 9.47 Å². The van der Waals surface area contributed by atoms with Crippen LogP contribution in [0, 0.1) is 5.82 Å². The third-order valence-corrected chi connectivity index (χ3v) is 6.39. The van der Waals surface area contributed by atoms with Gasteiger partial charge in [-0.25, -0.2) is 9.18 Å². The van der Waals surface area contributed by atoms with Crippen LogP contribution in [0.5, 0.6) is 11.5 Å². The summed E-state index contributed by atoms with van der Waals surface area (Å²) in [4.78, 5) is 34.8. The number of hydrogen-bond donors (Lipinski definition) is 4. The Morgan fingerprint density at radius 2 is 1.79 bits per heavy atom. The predicted molar refractivity (Wildman–Crippen MR) is 161 cm³/mol. The van der Waals surface area contributed by atoms with Crippen LogP contribution in [-0.4, -0.2) is 53.9 Å². The van der Waals surface area contributed by atoms with Gasteiger partial charge in [0.25, 0.3) is 6.35 Å². The molecule has 4 aromatic carbocycles. The van der Waals surface area contributed by atoms with Gasteiger partial charge < -0.3 is 19.9 Å². The number of methoxy groups -OCH3 is 1. The lowest BCUT2D eigenvalue weighted by molar-refractivity contribution is -0.136. The highest BCUT2D eigenvalue weighted by atomic mass is 19.1. The number of para-hydroxylation sites is 2. The molecule has 1 aliphatic rings. The van der Waals surface area contributed by atoms with Gasteiger partial charge in [-0.05, 0) is 52.7 Å². The normalized spacial score (nSPS) is 15.4. The molecule has 0 radical (unpaired) electrons. The second kappa shape index (κ2) is 13.3. The average molecular weight is 585 g/mol. The number of carbonyl (C=O) groups is 2. The van der Waals surface area contributed by atoms with E-state index in [2.05, 4.69) is 25.9 Å². The number of hydrogen-bond acceptors (Lipinski definition) is 6. The maximum absolute atomic E-state index is 14.1. The van der Waals surface area contributed by atoms with Crippen molar-refractivity contribution in [2.75, 3.05) is 19.0 Å². The Labute approximate surface area is 246 Å². The summed E-state index contributed by atoms with van der Waals surface area (Å²) in [6, 6.07) is 25.7. The summed E-state index contributed by atoms with van der Waals surface area (Å²) in [7, 11) is 1.49. The quantitative estimate of drug-likeness (QED) is 0.223. The molecule has 0 aliphatic carbocycles. The number of anilines is 1. The number of carboxylic acids is 1. The molecule has 0 saturated carbocycles. The zero-order valence-corrected chi connectivity index (χ0v) is 23.2. The fraction of sp³-hybridized carbons (Fsp3) is 0.161. The number of halogens is 1. The summed E-state index contributed by atoms with van der Waals surface area (Å²) in [5, 5.41) is 19.5. The minimum atomic E-state index is -1.07. The van der Waals surface area contributed by atoms with Crippen molar-refractivity contribution < 1.29 is 28.6 Å². The Morgan fingerprint density at radius 1 is 1.00 bits per heavy atom. The molecule has 5 rings (SSSR count). The predicted octanol–water partition coefficient (Wildman–Crippen LogP) is 4.76. The lowest BCUT2D eigenvalue weighted by Gasteiger charge is -2.36. The van der Waals surface area contributed by atoms with Crippen molar-refractivity contribution in [2.45, 2.75) is 19.3 Å². The van der Waals surface area contributed by atoms with E-state index in [1.165, 1.54) is 19.2 Å². The zero-order valence-electron chi connectivity index (χ0n) is 23.2. The van der Waals surface area contributed by atoms with Crippen molar-refractivity contribution >= 4 is 40.4 Å². The molecule has 0 spiro atoms. The first kappa shape index (κ1) is 28.9. The number of carbonyl (C=O) groups excluding carboxylic acids is 1. The Bertz CT molecular complexity index is 1690. The van der Waals surface area contributed by atoms with Crippen LogP contribution in [0.2, 0.25) is 0 Å². The van der Waals surface area contributed by atoms with Gasteiger partial charge in [-0.2, -0.15) is 4.99 Å². The van der Waals surface area contributed by atoms with Crippen LogP contribution < -0.4 is 25.4 Å². The molecule has 12 heteroatoms. The number of aliphatic imine (C=N–C) groups is 2. The number of ether oxygens (including phenoxy) is 2.